The van der Waals surface area contributed by atoms with Gasteiger partial charge in [0.1, 0.15) is 6.61 Å². The van der Waals surface area contributed by atoms with Gasteiger partial charge in [-0.05, 0) is 5.92 Å². The summed E-state index contributed by atoms with van der Waals surface area (Å²) in [6, 6.07) is 8.26. The first-order chi connectivity index (χ1) is 10.4. The van der Waals surface area contributed by atoms with Gasteiger partial charge in [-0.25, -0.2) is 9.69 Å². The third-order valence-corrected chi connectivity index (χ3v) is 3.52. The molecule has 0 aromatic heterocycles. The fourth-order valence-corrected chi connectivity index (χ4v) is 2.36. The molecule has 0 aliphatic carbocycles. The molecular weight excluding hydrogens is 286 g/mol. The molecule has 2 amide bonds. The molecule has 0 unspecified atom stereocenters. The van der Waals surface area contributed by atoms with Gasteiger partial charge < -0.3 is 9.47 Å². The zero-order valence-corrected chi connectivity index (χ0v) is 12.8. The predicted octanol–water partition coefficient (Wildman–Crippen LogP) is 2.29. The third kappa shape index (κ3) is 3.27. The molecule has 6 nitrogen and oxygen atoms in total. The second-order valence-corrected chi connectivity index (χ2v) is 5.50. The van der Waals surface area contributed by atoms with Gasteiger partial charge in [-0.2, -0.15) is 0 Å². The number of imide groups is 1. The Labute approximate surface area is 129 Å². The minimum absolute atomic E-state index is 0.0455. The second kappa shape index (κ2) is 6.60. The summed E-state index contributed by atoms with van der Waals surface area (Å²) in [4.78, 5) is 37.0. The SMILES string of the molecule is CC(=O)O[C@H](C(=O)N1C(=O)OC[C@@H]1C(C)C)c1ccccc1. The highest BCUT2D eigenvalue weighted by atomic mass is 16.6. The summed E-state index contributed by atoms with van der Waals surface area (Å²) < 4.78 is 10.1. The third-order valence-electron chi connectivity index (χ3n) is 3.52. The lowest BCUT2D eigenvalue weighted by atomic mass is 10.0. The Morgan fingerprint density at radius 3 is 2.45 bits per heavy atom. The smallest absolute Gasteiger partial charge is 0.417 e. The molecule has 22 heavy (non-hydrogen) atoms. The van der Waals surface area contributed by atoms with Crippen LogP contribution in [0.4, 0.5) is 4.79 Å². The predicted molar refractivity (Wildman–Crippen MR) is 77.8 cm³/mol. The molecule has 1 saturated heterocycles. The number of hydrogen-bond donors (Lipinski definition) is 0. The van der Waals surface area contributed by atoms with Crippen molar-refractivity contribution < 1.29 is 23.9 Å². The van der Waals surface area contributed by atoms with Gasteiger partial charge in [0.25, 0.3) is 5.91 Å². The van der Waals surface area contributed by atoms with E-state index in [1.165, 1.54) is 6.92 Å². The van der Waals surface area contributed by atoms with Gasteiger partial charge >= 0.3 is 12.1 Å². The lowest BCUT2D eigenvalue weighted by molar-refractivity contribution is -0.158. The standard InChI is InChI=1S/C16H19NO5/c1-10(2)13-9-21-16(20)17(13)15(19)14(22-11(3)18)12-7-5-4-6-8-12/h4-8,10,13-14H,9H2,1-3H3/t13-,14+/m1/s1. The molecule has 1 aromatic carbocycles. The van der Waals surface area contributed by atoms with Crippen LogP contribution in [0.15, 0.2) is 30.3 Å². The summed E-state index contributed by atoms with van der Waals surface area (Å²) in [5.74, 6) is -1.12. The zero-order valence-electron chi connectivity index (χ0n) is 12.8. The number of ether oxygens (including phenoxy) is 2. The van der Waals surface area contributed by atoms with E-state index < -0.39 is 24.1 Å². The van der Waals surface area contributed by atoms with Crippen molar-refractivity contribution in [3.05, 3.63) is 35.9 Å². The van der Waals surface area contributed by atoms with Gasteiger partial charge in [-0.1, -0.05) is 44.2 Å². The minimum atomic E-state index is -1.15. The fourth-order valence-electron chi connectivity index (χ4n) is 2.36. The monoisotopic (exact) mass is 305 g/mol. The first kappa shape index (κ1) is 16.0. The Morgan fingerprint density at radius 2 is 1.91 bits per heavy atom. The number of nitrogens with zero attached hydrogens (tertiary/aromatic N) is 1. The molecule has 1 aromatic rings. The molecule has 1 fully saturated rings. The number of rotatable bonds is 4. The van der Waals surface area contributed by atoms with E-state index in [2.05, 4.69) is 0 Å². The van der Waals surface area contributed by atoms with Crippen LogP contribution in [-0.2, 0) is 19.1 Å². The number of amides is 2. The number of benzene rings is 1. The lowest BCUT2D eigenvalue weighted by Gasteiger charge is -2.26. The average Bonchev–Trinajstić information content (AvgIpc) is 2.87. The normalized spacial score (nSPS) is 19.0. The van der Waals surface area contributed by atoms with Crippen LogP contribution < -0.4 is 0 Å². The maximum absolute atomic E-state index is 12.8. The Balaban J connectivity index is 2.32. The summed E-state index contributed by atoms with van der Waals surface area (Å²) in [6.45, 7) is 5.18. The van der Waals surface area contributed by atoms with Crippen molar-refractivity contribution in [2.75, 3.05) is 6.61 Å². The highest BCUT2D eigenvalue weighted by Gasteiger charge is 2.43. The maximum atomic E-state index is 12.8. The molecule has 1 aliphatic rings. The number of carbonyl (C=O) groups excluding carboxylic acids is 3. The first-order valence-electron chi connectivity index (χ1n) is 7.13. The number of cyclic esters (lactones) is 1. The Hall–Kier alpha value is -2.37. The molecule has 118 valence electrons. The van der Waals surface area contributed by atoms with Crippen molar-refractivity contribution in [1.82, 2.24) is 4.90 Å². The van der Waals surface area contributed by atoms with Gasteiger partial charge in [0, 0.05) is 12.5 Å². The highest BCUT2D eigenvalue weighted by molar-refractivity contribution is 5.97. The van der Waals surface area contributed by atoms with Crippen molar-refractivity contribution >= 4 is 18.0 Å². The topological polar surface area (TPSA) is 72.9 Å². The Morgan fingerprint density at radius 1 is 1.27 bits per heavy atom. The summed E-state index contributed by atoms with van der Waals surface area (Å²) in [5, 5.41) is 0. The average molecular weight is 305 g/mol. The van der Waals surface area contributed by atoms with Crippen LogP contribution >= 0.6 is 0 Å². The first-order valence-corrected chi connectivity index (χ1v) is 7.13. The molecule has 0 radical (unpaired) electrons. The van der Waals surface area contributed by atoms with Crippen LogP contribution in [0.3, 0.4) is 0 Å². The molecule has 1 heterocycles. The van der Waals surface area contributed by atoms with Gasteiger partial charge in [0.2, 0.25) is 6.10 Å². The van der Waals surface area contributed by atoms with Crippen LogP contribution in [0, 0.1) is 5.92 Å². The van der Waals surface area contributed by atoms with E-state index in [-0.39, 0.29) is 18.6 Å². The van der Waals surface area contributed by atoms with Crippen molar-refractivity contribution in [2.24, 2.45) is 5.92 Å². The summed E-state index contributed by atoms with van der Waals surface area (Å²) in [7, 11) is 0. The van der Waals surface area contributed by atoms with Crippen molar-refractivity contribution in [1.29, 1.82) is 0 Å². The Bertz CT molecular complexity index is 569. The van der Waals surface area contributed by atoms with Crippen LogP contribution in [0.5, 0.6) is 0 Å². The van der Waals surface area contributed by atoms with Crippen LogP contribution in [-0.4, -0.2) is 35.5 Å². The van der Waals surface area contributed by atoms with E-state index in [0.717, 1.165) is 4.90 Å². The van der Waals surface area contributed by atoms with E-state index in [9.17, 15) is 14.4 Å². The Kier molecular flexibility index (Phi) is 4.80. The summed E-state index contributed by atoms with van der Waals surface area (Å²) in [6.07, 6.45) is -1.85. The van der Waals surface area contributed by atoms with Gasteiger partial charge in [-0.3, -0.25) is 9.59 Å². The molecule has 2 atom stereocenters. The fraction of sp³-hybridized carbons (Fsp3) is 0.438. The minimum Gasteiger partial charge on any atom is -0.447 e. The van der Waals surface area contributed by atoms with Crippen molar-refractivity contribution in [2.45, 2.75) is 32.9 Å². The molecule has 0 N–H and O–H groups in total. The van der Waals surface area contributed by atoms with Crippen molar-refractivity contribution in [3.8, 4) is 0 Å². The highest BCUT2D eigenvalue weighted by Crippen LogP contribution is 2.27. The zero-order chi connectivity index (χ0) is 16.3. The molecule has 0 bridgehead atoms. The maximum Gasteiger partial charge on any atom is 0.417 e. The largest absolute Gasteiger partial charge is 0.447 e. The molecule has 2 rings (SSSR count). The van der Waals surface area contributed by atoms with Crippen LogP contribution in [0.25, 0.3) is 0 Å². The van der Waals surface area contributed by atoms with Crippen LogP contribution in [0.2, 0.25) is 0 Å². The molecule has 0 spiro atoms. The number of carbonyl (C=O) groups is 3. The molecule has 6 heteroatoms. The summed E-state index contributed by atoms with van der Waals surface area (Å²) in [5.41, 5.74) is 0.518. The molecular formula is C16H19NO5. The van der Waals surface area contributed by atoms with E-state index in [1.54, 1.807) is 30.3 Å². The van der Waals surface area contributed by atoms with E-state index in [1.807, 2.05) is 13.8 Å². The van der Waals surface area contributed by atoms with E-state index in [4.69, 9.17) is 9.47 Å². The van der Waals surface area contributed by atoms with Gasteiger partial charge in [-0.15, -0.1) is 0 Å². The lowest BCUT2D eigenvalue weighted by Crippen LogP contribution is -2.45. The quantitative estimate of drug-likeness (QED) is 0.798. The summed E-state index contributed by atoms with van der Waals surface area (Å²) >= 11 is 0. The molecule has 1 aliphatic heterocycles. The van der Waals surface area contributed by atoms with Crippen molar-refractivity contribution in [3.63, 3.8) is 0 Å². The molecule has 0 saturated carbocycles. The number of esters is 1. The van der Waals surface area contributed by atoms with Gasteiger partial charge in [0.15, 0.2) is 0 Å². The van der Waals surface area contributed by atoms with E-state index >= 15 is 0 Å². The van der Waals surface area contributed by atoms with Gasteiger partial charge in [0.05, 0.1) is 6.04 Å². The van der Waals surface area contributed by atoms with E-state index in [0.29, 0.717) is 5.56 Å². The second-order valence-electron chi connectivity index (χ2n) is 5.50. The van der Waals surface area contributed by atoms with Crippen LogP contribution in [0.1, 0.15) is 32.4 Å². The number of hydrogen-bond acceptors (Lipinski definition) is 5.